The average molecular weight is 134 g/mol. The highest BCUT2D eigenvalue weighted by atomic mass is 16.7. The van der Waals surface area contributed by atoms with Gasteiger partial charge in [0, 0.05) is 0 Å². The number of methoxy groups -OCH3 is 1. The lowest BCUT2D eigenvalue weighted by atomic mass is 10.7. The van der Waals surface area contributed by atoms with E-state index in [4.69, 9.17) is 0 Å². The summed E-state index contributed by atoms with van der Waals surface area (Å²) < 4.78 is 3.96. The third kappa shape index (κ3) is 2.62. The van der Waals surface area contributed by atoms with Crippen molar-refractivity contribution < 1.29 is 19.2 Å². The molecule has 0 atom stereocenters. The number of carbonyl (C=O) groups is 2. The molecule has 0 aliphatic carbocycles. The number of rotatable bonds is 1. The fourth-order valence-corrected chi connectivity index (χ4v) is 0.179. The fourth-order valence-electron chi connectivity index (χ4n) is 0.179. The second-order valence-corrected chi connectivity index (χ2v) is 0.999. The molecule has 3 N–H and O–H groups in total. The van der Waals surface area contributed by atoms with Crippen molar-refractivity contribution in [2.45, 2.75) is 0 Å². The van der Waals surface area contributed by atoms with Crippen molar-refractivity contribution in [2.24, 2.45) is 5.84 Å². The molecule has 0 aliphatic heterocycles. The molecule has 0 unspecified atom stereocenters. The summed E-state index contributed by atoms with van der Waals surface area (Å²) in [4.78, 5) is 24.1. The summed E-state index contributed by atoms with van der Waals surface area (Å²) in [7, 11) is 1.06. The van der Waals surface area contributed by atoms with E-state index in [-0.39, 0.29) is 0 Å². The van der Waals surface area contributed by atoms with Gasteiger partial charge in [0.1, 0.15) is 0 Å². The Bertz CT molecular complexity index is 123. The summed E-state index contributed by atoms with van der Waals surface area (Å²) in [5.41, 5.74) is 1.53. The summed E-state index contributed by atoms with van der Waals surface area (Å²) in [6.45, 7) is 0. The molecular weight excluding hydrogens is 128 g/mol. The SMILES string of the molecule is COC(=O)C(=O)ONN. The van der Waals surface area contributed by atoms with E-state index in [2.05, 4.69) is 15.4 Å². The monoisotopic (exact) mass is 134 g/mol. The smallest absolute Gasteiger partial charge is 0.437 e. The Balaban J connectivity index is 3.60. The van der Waals surface area contributed by atoms with Gasteiger partial charge in [-0.3, -0.25) is 0 Å². The van der Waals surface area contributed by atoms with Crippen molar-refractivity contribution in [3.05, 3.63) is 0 Å². The average Bonchev–Trinajstić information content (AvgIpc) is 1.87. The molecule has 0 rings (SSSR count). The molecule has 0 radical (unpaired) electrons. The Kier molecular flexibility index (Phi) is 3.33. The predicted molar refractivity (Wildman–Crippen MR) is 25.4 cm³/mol. The molecule has 6 nitrogen and oxygen atoms in total. The van der Waals surface area contributed by atoms with Crippen molar-refractivity contribution >= 4 is 11.9 Å². The number of ether oxygens (including phenoxy) is 1. The second kappa shape index (κ2) is 3.81. The molecule has 0 amide bonds. The van der Waals surface area contributed by atoms with Gasteiger partial charge in [0.2, 0.25) is 0 Å². The number of nitrogens with two attached hydrogens (primary N) is 1. The number of nitrogens with one attached hydrogen (secondary N) is 1. The van der Waals surface area contributed by atoms with Crippen LogP contribution in [0.4, 0.5) is 0 Å². The van der Waals surface area contributed by atoms with Crippen LogP contribution in [0.2, 0.25) is 0 Å². The van der Waals surface area contributed by atoms with Gasteiger partial charge in [-0.15, -0.1) is 0 Å². The van der Waals surface area contributed by atoms with Gasteiger partial charge in [0.05, 0.1) is 7.11 Å². The first-order chi connectivity index (χ1) is 4.22. The Labute approximate surface area is 50.8 Å². The minimum atomic E-state index is -1.18. The minimum Gasteiger partial charge on any atom is -0.461 e. The summed E-state index contributed by atoms with van der Waals surface area (Å²) in [5, 5.41) is 0. The zero-order chi connectivity index (χ0) is 7.28. The summed E-state index contributed by atoms with van der Waals surface area (Å²) in [6.07, 6.45) is 0. The maximum atomic E-state index is 10.1. The largest absolute Gasteiger partial charge is 0.461 e. The molecule has 0 spiro atoms. The van der Waals surface area contributed by atoms with E-state index < -0.39 is 11.9 Å². The molecule has 0 aliphatic rings. The highest BCUT2D eigenvalue weighted by Gasteiger charge is 2.14. The van der Waals surface area contributed by atoms with E-state index in [0.29, 0.717) is 0 Å². The quantitative estimate of drug-likeness (QED) is 0.188. The molecule has 0 aromatic heterocycles. The van der Waals surface area contributed by atoms with E-state index in [0.717, 1.165) is 7.11 Å². The van der Waals surface area contributed by atoms with Crippen LogP contribution < -0.4 is 11.4 Å². The van der Waals surface area contributed by atoms with Crippen molar-refractivity contribution in [2.75, 3.05) is 7.11 Å². The van der Waals surface area contributed by atoms with Gasteiger partial charge in [-0.2, -0.15) is 0 Å². The molecule has 0 aromatic carbocycles. The zero-order valence-corrected chi connectivity index (χ0v) is 4.71. The Morgan fingerprint density at radius 2 is 2.00 bits per heavy atom. The van der Waals surface area contributed by atoms with Crippen LogP contribution in [0.15, 0.2) is 0 Å². The lowest BCUT2D eigenvalue weighted by Gasteiger charge is -1.96. The standard InChI is InChI=1S/C3H6N2O4/c1-8-2(6)3(7)9-5-4/h5H,4H2,1H3. The van der Waals surface area contributed by atoms with E-state index in [9.17, 15) is 9.59 Å². The van der Waals surface area contributed by atoms with Crippen molar-refractivity contribution in [1.82, 2.24) is 5.59 Å². The zero-order valence-electron chi connectivity index (χ0n) is 4.71. The van der Waals surface area contributed by atoms with Crippen LogP contribution in [0.3, 0.4) is 0 Å². The summed E-state index contributed by atoms with van der Waals surface area (Å²) >= 11 is 0. The van der Waals surface area contributed by atoms with Crippen molar-refractivity contribution in [3.63, 3.8) is 0 Å². The predicted octanol–water partition coefficient (Wildman–Crippen LogP) is -1.92. The van der Waals surface area contributed by atoms with E-state index >= 15 is 0 Å². The first kappa shape index (κ1) is 7.86. The van der Waals surface area contributed by atoms with Crippen molar-refractivity contribution in [3.8, 4) is 0 Å². The van der Waals surface area contributed by atoms with Crippen LogP contribution in [0.5, 0.6) is 0 Å². The lowest BCUT2D eigenvalue weighted by molar-refractivity contribution is -0.170. The number of esters is 1. The molecular formula is C3H6N2O4. The Morgan fingerprint density at radius 3 is 2.33 bits per heavy atom. The number of hydrogen-bond acceptors (Lipinski definition) is 6. The van der Waals surface area contributed by atoms with E-state index in [1.165, 1.54) is 5.59 Å². The maximum absolute atomic E-state index is 10.1. The van der Waals surface area contributed by atoms with Crippen molar-refractivity contribution in [1.29, 1.82) is 0 Å². The van der Waals surface area contributed by atoms with Crippen LogP contribution in [0.1, 0.15) is 0 Å². The molecule has 0 aromatic rings. The third-order valence-electron chi connectivity index (χ3n) is 0.504. The topological polar surface area (TPSA) is 90.7 Å². The molecule has 0 saturated heterocycles. The van der Waals surface area contributed by atoms with Gasteiger partial charge in [-0.1, -0.05) is 5.59 Å². The van der Waals surface area contributed by atoms with E-state index in [1.807, 2.05) is 0 Å². The number of hydrazine groups is 1. The highest BCUT2D eigenvalue weighted by Crippen LogP contribution is 1.75. The molecule has 0 fully saturated rings. The van der Waals surface area contributed by atoms with Gasteiger partial charge in [-0.25, -0.2) is 15.4 Å². The Morgan fingerprint density at radius 1 is 1.44 bits per heavy atom. The van der Waals surface area contributed by atoms with Crippen LogP contribution in [0.25, 0.3) is 0 Å². The number of carbonyl (C=O) groups excluding carboxylic acids is 2. The van der Waals surface area contributed by atoms with Gasteiger partial charge in [0.15, 0.2) is 0 Å². The molecule has 6 heteroatoms. The molecule has 52 valence electrons. The van der Waals surface area contributed by atoms with Crippen LogP contribution in [-0.4, -0.2) is 19.0 Å². The third-order valence-corrected chi connectivity index (χ3v) is 0.504. The normalized spacial score (nSPS) is 8.22. The minimum absolute atomic E-state index is 1.06. The van der Waals surface area contributed by atoms with E-state index in [1.54, 1.807) is 0 Å². The summed E-state index contributed by atoms with van der Waals surface area (Å²) in [6, 6.07) is 0. The Hall–Kier alpha value is -1.14. The molecule has 0 heterocycles. The van der Waals surface area contributed by atoms with Gasteiger partial charge in [-0.05, 0) is 0 Å². The van der Waals surface area contributed by atoms with Crippen LogP contribution in [-0.2, 0) is 19.2 Å². The fraction of sp³-hybridized carbons (Fsp3) is 0.333. The molecule has 0 saturated carbocycles. The van der Waals surface area contributed by atoms with Gasteiger partial charge < -0.3 is 9.57 Å². The maximum Gasteiger partial charge on any atom is 0.437 e. The van der Waals surface area contributed by atoms with Gasteiger partial charge in [0.25, 0.3) is 0 Å². The molecule has 9 heavy (non-hydrogen) atoms. The van der Waals surface area contributed by atoms with Crippen LogP contribution in [0, 0.1) is 0 Å². The van der Waals surface area contributed by atoms with Crippen LogP contribution >= 0.6 is 0 Å². The number of hydrogen-bond donors (Lipinski definition) is 2. The lowest BCUT2D eigenvalue weighted by Crippen LogP contribution is -2.31. The highest BCUT2D eigenvalue weighted by molar-refractivity contribution is 6.29. The first-order valence-electron chi connectivity index (χ1n) is 1.97. The van der Waals surface area contributed by atoms with Gasteiger partial charge >= 0.3 is 11.9 Å². The molecule has 0 bridgehead atoms. The second-order valence-electron chi connectivity index (χ2n) is 0.999. The summed E-state index contributed by atoms with van der Waals surface area (Å²) in [5.74, 6) is 2.24. The first-order valence-corrected chi connectivity index (χ1v) is 1.97.